The van der Waals surface area contributed by atoms with Crippen molar-refractivity contribution in [3.8, 4) is 0 Å². The summed E-state index contributed by atoms with van der Waals surface area (Å²) in [5, 5.41) is 21.3. The molecule has 6 nitrogen and oxygen atoms in total. The van der Waals surface area contributed by atoms with Gasteiger partial charge in [0.15, 0.2) is 0 Å². The number of thioether (sulfide) groups is 1. The van der Waals surface area contributed by atoms with Crippen LogP contribution in [0.3, 0.4) is 0 Å². The highest BCUT2D eigenvalue weighted by molar-refractivity contribution is 8.00. The summed E-state index contributed by atoms with van der Waals surface area (Å²) >= 11 is 1.40. The first-order valence-electron chi connectivity index (χ1n) is 6.45. The number of aliphatic hydroxyl groups excluding tert-OH is 2. The zero-order chi connectivity index (χ0) is 15.5. The smallest absolute Gasteiger partial charge is 0.214 e. The van der Waals surface area contributed by atoms with Gasteiger partial charge in [0.1, 0.15) is 11.2 Å². The molecular weight excluding hydrogens is 297 g/mol. The molecule has 0 aromatic heterocycles. The number of amides is 1. The molecule has 1 rings (SSSR count). The van der Waals surface area contributed by atoms with Gasteiger partial charge < -0.3 is 20.2 Å². The fraction of sp³-hybridized carbons (Fsp3) is 0.667. The van der Waals surface area contributed by atoms with Gasteiger partial charge in [-0.15, -0.1) is 11.8 Å². The number of aliphatic hydroxyl groups is 2. The number of hydrogen-bond donors (Lipinski definition) is 3. The fourth-order valence-electron chi connectivity index (χ4n) is 1.64. The van der Waals surface area contributed by atoms with Crippen LogP contribution in [-0.4, -0.2) is 57.7 Å². The highest BCUT2D eigenvalue weighted by Crippen LogP contribution is 2.35. The van der Waals surface area contributed by atoms with E-state index >= 15 is 0 Å². The molecule has 1 amide bonds. The van der Waals surface area contributed by atoms with Gasteiger partial charge in [0.25, 0.3) is 0 Å². The number of carbonyl (C=O) groups excluding carboxylic acids is 1. The molecule has 0 aromatic carbocycles. The molecule has 1 fully saturated rings. The predicted molar refractivity (Wildman–Crippen MR) is 87.5 cm³/mol. The Hall–Kier alpha value is -0.620. The Morgan fingerprint density at radius 2 is 2.25 bits per heavy atom. The maximum absolute atomic E-state index is 11.0. The van der Waals surface area contributed by atoms with Crippen molar-refractivity contribution in [1.29, 1.82) is 0 Å². The third-order valence-corrected chi connectivity index (χ3v) is 4.44. The average Bonchev–Trinajstić information content (AvgIpc) is 2.87. The lowest BCUT2D eigenvalue weighted by Gasteiger charge is -2.23. The molecule has 0 radical (unpaired) electrons. The van der Waals surface area contributed by atoms with Crippen LogP contribution in [0.25, 0.3) is 0 Å². The highest BCUT2D eigenvalue weighted by Gasteiger charge is 2.36. The van der Waals surface area contributed by atoms with E-state index in [2.05, 4.69) is 19.5 Å². The molecule has 0 saturated carbocycles. The zero-order valence-corrected chi connectivity index (χ0v) is 14.0. The average molecular weight is 321 g/mol. The van der Waals surface area contributed by atoms with Gasteiger partial charge in [0.2, 0.25) is 6.41 Å². The van der Waals surface area contributed by atoms with Crippen LogP contribution < -0.4 is 5.09 Å². The summed E-state index contributed by atoms with van der Waals surface area (Å²) in [6.07, 6.45) is 3.72. The van der Waals surface area contributed by atoms with Crippen molar-refractivity contribution in [3.05, 3.63) is 12.3 Å². The molecule has 8 heteroatoms. The fourth-order valence-corrected chi connectivity index (χ4v) is 3.21. The van der Waals surface area contributed by atoms with Crippen LogP contribution in [0, 0.1) is 0 Å². The molecule has 1 saturated heterocycles. The maximum atomic E-state index is 11.0. The number of rotatable bonds is 5. The van der Waals surface area contributed by atoms with Gasteiger partial charge in [-0.3, -0.25) is 9.79 Å². The third kappa shape index (κ3) is 5.79. The first-order chi connectivity index (χ1) is 9.65. The number of carbonyl (C=O) groups is 1. The van der Waals surface area contributed by atoms with Crippen LogP contribution >= 0.6 is 21.2 Å². The minimum Gasteiger partial charge on any atom is -0.395 e. The van der Waals surface area contributed by atoms with Crippen molar-refractivity contribution in [2.24, 2.45) is 4.99 Å². The molecule has 0 aromatic rings. The van der Waals surface area contributed by atoms with E-state index in [0.717, 1.165) is 0 Å². The minimum absolute atomic E-state index is 0.00343. The quantitative estimate of drug-likeness (QED) is 0.298. The van der Waals surface area contributed by atoms with Gasteiger partial charge in [0, 0.05) is 18.5 Å². The van der Waals surface area contributed by atoms with Crippen molar-refractivity contribution < 1.29 is 15.0 Å². The third-order valence-electron chi connectivity index (χ3n) is 2.58. The molecule has 3 N–H and O–H groups in total. The molecular formula is C12H24N3O3PS. The standard InChI is InChI=1S/C10H18N3O3PS.C2H6/c1-11-9(12-17)2-3-13(6-15)10-8(16)4-7(5-14)18-10;1-2/h2-3,6-8,10,14,16H,4-5,17H2,1H3,(H,11,12);1-2H3/b3-2-;. The van der Waals surface area contributed by atoms with Gasteiger partial charge in [-0.05, 0) is 21.9 Å². The van der Waals surface area contributed by atoms with Crippen molar-refractivity contribution in [2.45, 2.75) is 37.0 Å². The Morgan fingerprint density at radius 3 is 2.65 bits per heavy atom. The van der Waals surface area contributed by atoms with Gasteiger partial charge >= 0.3 is 0 Å². The summed E-state index contributed by atoms with van der Waals surface area (Å²) < 4.78 is 0. The van der Waals surface area contributed by atoms with Crippen LogP contribution in [0.1, 0.15) is 20.3 Å². The summed E-state index contributed by atoms with van der Waals surface area (Å²) in [5.41, 5.74) is 0. The molecule has 1 aliphatic rings. The van der Waals surface area contributed by atoms with Crippen LogP contribution in [0.15, 0.2) is 17.3 Å². The van der Waals surface area contributed by atoms with Crippen molar-refractivity contribution in [2.75, 3.05) is 13.7 Å². The van der Waals surface area contributed by atoms with Crippen LogP contribution in [0.2, 0.25) is 0 Å². The lowest BCUT2D eigenvalue weighted by molar-refractivity contribution is -0.117. The number of aliphatic imine (C=N–C) groups is 1. The van der Waals surface area contributed by atoms with Crippen molar-refractivity contribution in [3.63, 3.8) is 0 Å². The molecule has 1 aliphatic heterocycles. The van der Waals surface area contributed by atoms with Crippen LogP contribution in [0.5, 0.6) is 0 Å². The monoisotopic (exact) mass is 321 g/mol. The minimum atomic E-state index is -0.632. The topological polar surface area (TPSA) is 85.2 Å². The summed E-state index contributed by atoms with van der Waals surface area (Å²) in [6, 6.07) is 0. The number of nitrogens with zero attached hydrogens (tertiary/aromatic N) is 2. The van der Waals surface area contributed by atoms with Gasteiger partial charge in [0.05, 0.1) is 12.7 Å². The summed E-state index contributed by atoms with van der Waals surface area (Å²) in [4.78, 5) is 16.4. The normalized spacial score (nSPS) is 26.1. The second-order valence-corrected chi connectivity index (χ2v) is 5.47. The second-order valence-electron chi connectivity index (χ2n) is 3.76. The van der Waals surface area contributed by atoms with E-state index in [-0.39, 0.29) is 17.2 Å². The first-order valence-corrected chi connectivity index (χ1v) is 7.97. The van der Waals surface area contributed by atoms with Crippen LogP contribution in [0.4, 0.5) is 0 Å². The predicted octanol–water partition coefficient (Wildman–Crippen LogP) is 0.577. The molecule has 116 valence electrons. The van der Waals surface area contributed by atoms with Crippen molar-refractivity contribution >= 4 is 33.4 Å². The molecule has 0 bridgehead atoms. The Balaban J connectivity index is 0.00000172. The number of amidine groups is 1. The van der Waals surface area contributed by atoms with E-state index in [4.69, 9.17) is 5.11 Å². The molecule has 1 heterocycles. The largest absolute Gasteiger partial charge is 0.395 e. The summed E-state index contributed by atoms with van der Waals surface area (Å²) in [6.45, 7) is 4.00. The molecule has 0 spiro atoms. The van der Waals surface area contributed by atoms with Gasteiger partial charge in [-0.1, -0.05) is 13.8 Å². The Kier molecular flexibility index (Phi) is 10.7. The molecule has 4 atom stereocenters. The van der Waals surface area contributed by atoms with E-state index < -0.39 is 6.10 Å². The van der Waals surface area contributed by atoms with E-state index in [9.17, 15) is 9.90 Å². The summed E-state index contributed by atoms with van der Waals surface area (Å²) in [5.74, 6) is 0.600. The Labute approximate surface area is 127 Å². The summed E-state index contributed by atoms with van der Waals surface area (Å²) in [7, 11) is 3.94. The van der Waals surface area contributed by atoms with Crippen molar-refractivity contribution in [1.82, 2.24) is 9.99 Å². The van der Waals surface area contributed by atoms with E-state index in [1.165, 1.54) is 16.7 Å². The number of hydrogen-bond acceptors (Lipinski definition) is 5. The SMILES string of the molecule is CC.CN=C(/C=C\N(C=O)C1SC(CO)CC1O)NP. The highest BCUT2D eigenvalue weighted by atomic mass is 32.2. The van der Waals surface area contributed by atoms with E-state index in [1.807, 2.05) is 13.8 Å². The maximum Gasteiger partial charge on any atom is 0.214 e. The second kappa shape index (κ2) is 11.1. The first kappa shape index (κ1) is 19.4. The molecule has 0 aliphatic carbocycles. The Bertz CT molecular complexity index is 342. The lowest BCUT2D eigenvalue weighted by atomic mass is 10.2. The van der Waals surface area contributed by atoms with Gasteiger partial charge in [-0.25, -0.2) is 0 Å². The van der Waals surface area contributed by atoms with Crippen LogP contribution in [-0.2, 0) is 4.79 Å². The molecule has 4 unspecified atom stereocenters. The number of nitrogens with one attached hydrogen (secondary N) is 1. The van der Waals surface area contributed by atoms with Gasteiger partial charge in [-0.2, -0.15) is 0 Å². The molecule has 20 heavy (non-hydrogen) atoms. The zero-order valence-electron chi connectivity index (χ0n) is 12.1. The van der Waals surface area contributed by atoms with E-state index in [0.29, 0.717) is 18.7 Å². The van der Waals surface area contributed by atoms with E-state index in [1.54, 1.807) is 19.3 Å². The lowest BCUT2D eigenvalue weighted by Crippen LogP contribution is -2.34. The Morgan fingerprint density at radius 1 is 1.60 bits per heavy atom.